The molecule has 106 valence electrons. The Labute approximate surface area is 120 Å². The lowest BCUT2D eigenvalue weighted by molar-refractivity contribution is 0.253. The van der Waals surface area contributed by atoms with Crippen molar-refractivity contribution in [3.8, 4) is 0 Å². The van der Waals surface area contributed by atoms with Crippen molar-refractivity contribution in [1.82, 2.24) is 14.7 Å². The third-order valence-corrected chi connectivity index (χ3v) is 3.89. The van der Waals surface area contributed by atoms with Gasteiger partial charge in [0.15, 0.2) is 0 Å². The van der Waals surface area contributed by atoms with Gasteiger partial charge in [0.2, 0.25) is 0 Å². The fraction of sp³-hybridized carbons (Fsp3) is 0.500. The molecular weight excluding hydrogens is 262 g/mol. The van der Waals surface area contributed by atoms with Crippen LogP contribution in [0.5, 0.6) is 0 Å². The van der Waals surface area contributed by atoms with Crippen LogP contribution in [-0.2, 0) is 7.05 Å². The van der Waals surface area contributed by atoms with E-state index in [-0.39, 0.29) is 17.9 Å². The fourth-order valence-corrected chi connectivity index (χ4v) is 2.83. The molecule has 3 rings (SSSR count). The lowest BCUT2D eigenvalue weighted by Crippen LogP contribution is -2.29. The molecule has 19 heavy (non-hydrogen) atoms. The van der Waals surface area contributed by atoms with Gasteiger partial charge in [0.1, 0.15) is 0 Å². The van der Waals surface area contributed by atoms with Crippen LogP contribution in [0, 0.1) is 0 Å². The lowest BCUT2D eigenvalue weighted by atomic mass is 9.92. The van der Waals surface area contributed by atoms with E-state index in [4.69, 9.17) is 5.10 Å². The largest absolute Gasteiger partial charge is 0.412 e. The summed E-state index contributed by atoms with van der Waals surface area (Å²) in [6, 6.07) is 8.56. The predicted molar refractivity (Wildman–Crippen MR) is 81.0 cm³/mol. The van der Waals surface area contributed by atoms with Crippen molar-refractivity contribution in [2.45, 2.75) is 18.8 Å². The van der Waals surface area contributed by atoms with Gasteiger partial charge in [-0.1, -0.05) is 18.2 Å². The van der Waals surface area contributed by atoms with Crippen LogP contribution in [-0.4, -0.2) is 40.3 Å². The van der Waals surface area contributed by atoms with E-state index in [2.05, 4.69) is 36.2 Å². The number of likely N-dealkylation sites (tertiary alicyclic amines) is 1. The molecule has 2 heterocycles. The van der Waals surface area contributed by atoms with Gasteiger partial charge < -0.3 is 10.4 Å². The molecular formula is C14H22ClN3O. The molecule has 2 N–H and O–H groups in total. The summed E-state index contributed by atoms with van der Waals surface area (Å²) in [6.07, 6.45) is 2.47. The van der Waals surface area contributed by atoms with E-state index in [0.717, 1.165) is 0 Å². The number of aromatic nitrogens is 2. The van der Waals surface area contributed by atoms with Gasteiger partial charge in [-0.15, -0.1) is 12.4 Å². The van der Waals surface area contributed by atoms with Gasteiger partial charge in [-0.25, -0.2) is 0 Å². The van der Waals surface area contributed by atoms with Crippen LogP contribution in [0.2, 0.25) is 0 Å². The molecule has 0 saturated carbocycles. The van der Waals surface area contributed by atoms with Gasteiger partial charge >= 0.3 is 0 Å². The minimum atomic E-state index is 0. The minimum Gasteiger partial charge on any atom is -0.412 e. The number of hydrogen-bond acceptors (Lipinski definition) is 2. The van der Waals surface area contributed by atoms with Crippen molar-refractivity contribution in [3.05, 3.63) is 30.0 Å². The van der Waals surface area contributed by atoms with E-state index in [0.29, 0.717) is 5.92 Å². The van der Waals surface area contributed by atoms with Crippen LogP contribution < -0.4 is 0 Å². The molecule has 1 aromatic carbocycles. The number of fused-ring (bicyclic) bond motifs is 1. The standard InChI is InChI=1S/C14H19N3.ClH.H2O/c1-16-9-7-11(8-10-16)14-12-5-3-4-6-13(12)17(2)15-14;;/h3-6,11H,7-10H2,1-2H3;1H;1H2. The molecule has 2 aromatic rings. The predicted octanol–water partition coefficient (Wildman–Crippen LogP) is 1.98. The number of hydrogen-bond donors (Lipinski definition) is 0. The Kier molecular flexibility index (Phi) is 5.35. The van der Waals surface area contributed by atoms with Crippen molar-refractivity contribution in [2.24, 2.45) is 7.05 Å². The van der Waals surface area contributed by atoms with Crippen molar-refractivity contribution >= 4 is 23.3 Å². The summed E-state index contributed by atoms with van der Waals surface area (Å²) in [4.78, 5) is 2.40. The molecule has 1 aliphatic heterocycles. The van der Waals surface area contributed by atoms with Gasteiger partial charge in [-0.05, 0) is 39.0 Å². The van der Waals surface area contributed by atoms with Gasteiger partial charge in [0, 0.05) is 18.4 Å². The van der Waals surface area contributed by atoms with E-state index in [1.807, 2.05) is 11.7 Å². The van der Waals surface area contributed by atoms with Crippen LogP contribution >= 0.6 is 12.4 Å². The molecule has 0 radical (unpaired) electrons. The third kappa shape index (κ3) is 2.91. The Balaban J connectivity index is 0.000000902. The average Bonchev–Trinajstić information content (AvgIpc) is 2.69. The van der Waals surface area contributed by atoms with Gasteiger partial charge in [-0.2, -0.15) is 5.10 Å². The van der Waals surface area contributed by atoms with E-state index in [1.165, 1.54) is 42.5 Å². The molecule has 0 amide bonds. The van der Waals surface area contributed by atoms with Crippen LogP contribution in [0.25, 0.3) is 10.9 Å². The second-order valence-electron chi connectivity index (χ2n) is 5.10. The summed E-state index contributed by atoms with van der Waals surface area (Å²) in [5.41, 5.74) is 2.55. The number of piperidine rings is 1. The summed E-state index contributed by atoms with van der Waals surface area (Å²) >= 11 is 0. The number of halogens is 1. The third-order valence-electron chi connectivity index (χ3n) is 3.89. The number of nitrogens with zero attached hydrogens (tertiary/aromatic N) is 3. The summed E-state index contributed by atoms with van der Waals surface area (Å²) in [6.45, 7) is 2.38. The van der Waals surface area contributed by atoms with E-state index >= 15 is 0 Å². The Morgan fingerprint density at radius 2 is 1.74 bits per heavy atom. The maximum Gasteiger partial charge on any atom is 0.0735 e. The Morgan fingerprint density at radius 1 is 1.11 bits per heavy atom. The first kappa shape index (κ1) is 16.0. The summed E-state index contributed by atoms with van der Waals surface area (Å²) < 4.78 is 2.02. The molecule has 0 unspecified atom stereocenters. The van der Waals surface area contributed by atoms with Gasteiger partial charge in [0.25, 0.3) is 0 Å². The highest BCUT2D eigenvalue weighted by molar-refractivity contribution is 5.85. The van der Waals surface area contributed by atoms with Crippen LogP contribution in [0.4, 0.5) is 0 Å². The monoisotopic (exact) mass is 283 g/mol. The summed E-state index contributed by atoms with van der Waals surface area (Å²) in [5.74, 6) is 0.636. The molecule has 0 spiro atoms. The van der Waals surface area contributed by atoms with E-state index in [9.17, 15) is 0 Å². The fourth-order valence-electron chi connectivity index (χ4n) is 2.83. The zero-order valence-corrected chi connectivity index (χ0v) is 12.3. The Morgan fingerprint density at radius 3 is 2.42 bits per heavy atom. The molecule has 4 nitrogen and oxygen atoms in total. The van der Waals surface area contributed by atoms with E-state index < -0.39 is 0 Å². The smallest absolute Gasteiger partial charge is 0.0735 e. The highest BCUT2D eigenvalue weighted by Gasteiger charge is 2.22. The highest BCUT2D eigenvalue weighted by atomic mass is 35.5. The Hall–Kier alpha value is -1.10. The van der Waals surface area contributed by atoms with Crippen molar-refractivity contribution in [3.63, 3.8) is 0 Å². The van der Waals surface area contributed by atoms with Crippen LogP contribution in [0.15, 0.2) is 24.3 Å². The van der Waals surface area contributed by atoms with Crippen molar-refractivity contribution < 1.29 is 5.48 Å². The SMILES string of the molecule is CN1CCC(c2nn(C)c3ccccc23)CC1.Cl.O. The maximum atomic E-state index is 4.74. The second-order valence-corrected chi connectivity index (χ2v) is 5.10. The molecule has 5 heteroatoms. The van der Waals surface area contributed by atoms with E-state index in [1.54, 1.807) is 0 Å². The minimum absolute atomic E-state index is 0. The van der Waals surface area contributed by atoms with Crippen LogP contribution in [0.3, 0.4) is 0 Å². The molecule has 0 bridgehead atoms. The molecule has 1 aliphatic rings. The second kappa shape index (κ2) is 6.37. The average molecular weight is 284 g/mol. The first-order chi connectivity index (χ1) is 8.25. The quantitative estimate of drug-likeness (QED) is 0.803. The number of para-hydroxylation sites is 1. The normalized spacial score (nSPS) is 16.9. The molecule has 1 fully saturated rings. The zero-order chi connectivity index (χ0) is 11.8. The summed E-state index contributed by atoms with van der Waals surface area (Å²) in [7, 11) is 4.24. The van der Waals surface area contributed by atoms with Crippen LogP contribution in [0.1, 0.15) is 24.5 Å². The molecule has 1 saturated heterocycles. The van der Waals surface area contributed by atoms with Gasteiger partial charge in [0.05, 0.1) is 11.2 Å². The first-order valence-electron chi connectivity index (χ1n) is 6.36. The number of benzene rings is 1. The van der Waals surface area contributed by atoms with Crippen molar-refractivity contribution in [2.75, 3.05) is 20.1 Å². The first-order valence-corrected chi connectivity index (χ1v) is 6.36. The zero-order valence-electron chi connectivity index (χ0n) is 11.5. The summed E-state index contributed by atoms with van der Waals surface area (Å²) in [5, 5.41) is 6.07. The Bertz CT molecular complexity index is 532. The topological polar surface area (TPSA) is 52.6 Å². The lowest BCUT2D eigenvalue weighted by Gasteiger charge is -2.28. The molecule has 1 aromatic heterocycles. The highest BCUT2D eigenvalue weighted by Crippen LogP contribution is 2.31. The number of rotatable bonds is 1. The molecule has 0 atom stereocenters. The number of aryl methyl sites for hydroxylation is 1. The maximum absolute atomic E-state index is 4.74. The van der Waals surface area contributed by atoms with Gasteiger partial charge in [-0.3, -0.25) is 4.68 Å². The van der Waals surface area contributed by atoms with Crippen molar-refractivity contribution in [1.29, 1.82) is 0 Å². The molecule has 0 aliphatic carbocycles.